The molecule has 0 spiro atoms. The van der Waals surface area contributed by atoms with Gasteiger partial charge >= 0.3 is 5.69 Å². The van der Waals surface area contributed by atoms with Gasteiger partial charge in [-0.05, 0) is 11.8 Å². The van der Waals surface area contributed by atoms with Crippen LogP contribution in [0.1, 0.15) is 11.4 Å². The van der Waals surface area contributed by atoms with E-state index in [9.17, 15) is 9.59 Å². The Morgan fingerprint density at radius 3 is 2.50 bits per heavy atom. The summed E-state index contributed by atoms with van der Waals surface area (Å²) in [5.74, 6) is 2.14. The van der Waals surface area contributed by atoms with Gasteiger partial charge in [-0.25, -0.2) is 14.5 Å². The molecule has 2 heterocycles. The number of nitrogens with zero attached hydrogens (tertiary/aromatic N) is 5. The van der Waals surface area contributed by atoms with Crippen LogP contribution in [0, 0.1) is 0 Å². The van der Waals surface area contributed by atoms with E-state index in [1.807, 2.05) is 36.6 Å². The fourth-order valence-corrected chi connectivity index (χ4v) is 3.08. The molecule has 8 heteroatoms. The number of hydrogen-bond donors (Lipinski definition) is 0. The van der Waals surface area contributed by atoms with E-state index >= 15 is 0 Å². The Bertz CT molecular complexity index is 1020. The highest BCUT2D eigenvalue weighted by atomic mass is 32.2. The highest BCUT2D eigenvalue weighted by molar-refractivity contribution is 7.98. The lowest BCUT2D eigenvalue weighted by Gasteiger charge is -2.10. The van der Waals surface area contributed by atoms with Crippen LogP contribution in [0.15, 0.2) is 46.0 Å². The van der Waals surface area contributed by atoms with Crippen LogP contribution in [0.3, 0.4) is 0 Å². The molecule has 0 fully saturated rings. The molecule has 136 valence electrons. The zero-order valence-corrected chi connectivity index (χ0v) is 15.9. The van der Waals surface area contributed by atoms with E-state index in [2.05, 4.69) is 10.1 Å². The van der Waals surface area contributed by atoms with E-state index in [1.165, 1.54) is 17.7 Å². The molecule has 0 atom stereocenters. The molecule has 0 radical (unpaired) electrons. The van der Waals surface area contributed by atoms with Crippen molar-refractivity contribution in [3.05, 3.63) is 68.6 Å². The normalized spacial score (nSPS) is 11.0. The number of aromatic nitrogens is 5. The number of rotatable bonds is 6. The SMILES string of the molecule is CSCCc1nc(-c2cc(=O)n(C)c(=O)n2C)n(Cc2ccccc2)n1. The van der Waals surface area contributed by atoms with E-state index in [4.69, 9.17) is 0 Å². The van der Waals surface area contributed by atoms with Crippen molar-refractivity contribution in [3.8, 4) is 11.5 Å². The summed E-state index contributed by atoms with van der Waals surface area (Å²) < 4.78 is 4.28. The quantitative estimate of drug-likeness (QED) is 0.653. The summed E-state index contributed by atoms with van der Waals surface area (Å²) in [5, 5.41) is 4.61. The minimum Gasteiger partial charge on any atom is -0.293 e. The average molecular weight is 371 g/mol. The van der Waals surface area contributed by atoms with Gasteiger partial charge in [-0.3, -0.25) is 13.9 Å². The van der Waals surface area contributed by atoms with Crippen LogP contribution in [0.4, 0.5) is 0 Å². The highest BCUT2D eigenvalue weighted by Gasteiger charge is 2.17. The van der Waals surface area contributed by atoms with E-state index < -0.39 is 0 Å². The fourth-order valence-electron chi connectivity index (χ4n) is 2.69. The molecular weight excluding hydrogens is 350 g/mol. The molecule has 7 nitrogen and oxygen atoms in total. The van der Waals surface area contributed by atoms with E-state index in [0.717, 1.165) is 22.3 Å². The van der Waals surface area contributed by atoms with Crippen LogP contribution in [0.25, 0.3) is 11.5 Å². The number of benzene rings is 1. The Hall–Kier alpha value is -2.61. The van der Waals surface area contributed by atoms with Crippen molar-refractivity contribution in [1.29, 1.82) is 0 Å². The van der Waals surface area contributed by atoms with Crippen LogP contribution >= 0.6 is 11.8 Å². The lowest BCUT2D eigenvalue weighted by atomic mass is 10.2. The van der Waals surface area contributed by atoms with Crippen molar-refractivity contribution in [2.24, 2.45) is 14.1 Å². The first-order valence-electron chi connectivity index (χ1n) is 8.25. The van der Waals surface area contributed by atoms with Gasteiger partial charge in [-0.1, -0.05) is 30.3 Å². The first kappa shape index (κ1) is 18.2. The Morgan fingerprint density at radius 2 is 1.81 bits per heavy atom. The lowest BCUT2D eigenvalue weighted by molar-refractivity contribution is 0.657. The predicted molar refractivity (Wildman–Crippen MR) is 104 cm³/mol. The molecule has 0 bridgehead atoms. The van der Waals surface area contributed by atoms with Crippen molar-refractivity contribution in [2.45, 2.75) is 13.0 Å². The number of hydrogen-bond acceptors (Lipinski definition) is 5. The standard InChI is InChI=1S/C18H21N5O2S/c1-21-14(11-16(24)22(2)18(21)25)17-19-15(9-10-26-3)20-23(17)12-13-7-5-4-6-8-13/h4-8,11H,9-10,12H2,1-3H3. The molecule has 0 aliphatic heterocycles. The molecule has 1 aromatic carbocycles. The fraction of sp³-hybridized carbons (Fsp3) is 0.333. The summed E-state index contributed by atoms with van der Waals surface area (Å²) >= 11 is 1.72. The predicted octanol–water partition coefficient (Wildman–Crippen LogP) is 1.30. The van der Waals surface area contributed by atoms with Crippen LogP contribution in [-0.4, -0.2) is 35.9 Å². The van der Waals surface area contributed by atoms with Gasteiger partial charge in [-0.15, -0.1) is 0 Å². The minimum atomic E-state index is -0.382. The molecule has 0 saturated carbocycles. The largest absolute Gasteiger partial charge is 0.331 e. The maximum absolute atomic E-state index is 12.3. The minimum absolute atomic E-state index is 0.358. The third kappa shape index (κ3) is 3.65. The van der Waals surface area contributed by atoms with Crippen molar-refractivity contribution in [2.75, 3.05) is 12.0 Å². The highest BCUT2D eigenvalue weighted by Crippen LogP contribution is 2.17. The smallest absolute Gasteiger partial charge is 0.293 e. The van der Waals surface area contributed by atoms with Gasteiger partial charge < -0.3 is 0 Å². The second kappa shape index (κ2) is 7.74. The first-order valence-corrected chi connectivity index (χ1v) is 9.64. The Labute approximate surface area is 155 Å². The van der Waals surface area contributed by atoms with E-state index in [0.29, 0.717) is 23.9 Å². The second-order valence-electron chi connectivity index (χ2n) is 6.01. The maximum atomic E-state index is 12.3. The number of aryl methyl sites for hydroxylation is 1. The maximum Gasteiger partial charge on any atom is 0.331 e. The molecule has 2 aromatic heterocycles. The molecule has 0 amide bonds. The van der Waals surface area contributed by atoms with Gasteiger partial charge in [0.05, 0.1) is 12.2 Å². The summed E-state index contributed by atoms with van der Waals surface area (Å²) in [7, 11) is 3.10. The molecule has 3 rings (SSSR count). The van der Waals surface area contributed by atoms with Gasteiger partial charge in [0.2, 0.25) is 0 Å². The molecule has 0 aliphatic rings. The molecule has 0 aliphatic carbocycles. The summed E-state index contributed by atoms with van der Waals surface area (Å²) in [6.07, 6.45) is 2.77. The van der Waals surface area contributed by atoms with Gasteiger partial charge in [0.15, 0.2) is 11.6 Å². The van der Waals surface area contributed by atoms with Crippen LogP contribution < -0.4 is 11.2 Å². The third-order valence-electron chi connectivity index (χ3n) is 4.18. The van der Waals surface area contributed by atoms with Crippen LogP contribution in [-0.2, 0) is 27.1 Å². The third-order valence-corrected chi connectivity index (χ3v) is 4.79. The van der Waals surface area contributed by atoms with Gasteiger partial charge in [-0.2, -0.15) is 16.9 Å². The zero-order valence-electron chi connectivity index (χ0n) is 15.0. The van der Waals surface area contributed by atoms with Gasteiger partial charge in [0, 0.05) is 32.3 Å². The van der Waals surface area contributed by atoms with E-state index in [-0.39, 0.29) is 11.2 Å². The van der Waals surface area contributed by atoms with Crippen molar-refractivity contribution in [1.82, 2.24) is 23.9 Å². The molecular formula is C18H21N5O2S. The second-order valence-corrected chi connectivity index (χ2v) is 6.99. The summed E-state index contributed by atoms with van der Waals surface area (Å²) in [6, 6.07) is 11.3. The lowest BCUT2D eigenvalue weighted by Crippen LogP contribution is -2.37. The molecule has 26 heavy (non-hydrogen) atoms. The average Bonchev–Trinajstić information content (AvgIpc) is 3.04. The topological polar surface area (TPSA) is 74.7 Å². The molecule has 3 aromatic rings. The van der Waals surface area contributed by atoms with Crippen LogP contribution in [0.5, 0.6) is 0 Å². The Kier molecular flexibility index (Phi) is 5.41. The van der Waals surface area contributed by atoms with E-state index in [1.54, 1.807) is 23.5 Å². The summed E-state index contributed by atoms with van der Waals surface area (Å²) in [5.41, 5.74) is 0.802. The summed E-state index contributed by atoms with van der Waals surface area (Å²) in [4.78, 5) is 29.0. The number of thioether (sulfide) groups is 1. The monoisotopic (exact) mass is 371 g/mol. The Morgan fingerprint density at radius 1 is 1.08 bits per heavy atom. The zero-order chi connectivity index (χ0) is 18.7. The van der Waals surface area contributed by atoms with Gasteiger partial charge in [0.1, 0.15) is 0 Å². The van der Waals surface area contributed by atoms with Crippen molar-refractivity contribution >= 4 is 11.8 Å². The Balaban J connectivity index is 2.12. The molecule has 0 N–H and O–H groups in total. The first-order chi connectivity index (χ1) is 12.5. The molecule has 0 saturated heterocycles. The van der Waals surface area contributed by atoms with Crippen molar-refractivity contribution in [3.63, 3.8) is 0 Å². The van der Waals surface area contributed by atoms with Crippen molar-refractivity contribution < 1.29 is 0 Å². The van der Waals surface area contributed by atoms with Crippen LogP contribution in [0.2, 0.25) is 0 Å². The summed E-state index contributed by atoms with van der Waals surface area (Å²) in [6.45, 7) is 0.520. The molecule has 0 unspecified atom stereocenters. The van der Waals surface area contributed by atoms with Gasteiger partial charge in [0.25, 0.3) is 5.56 Å².